The van der Waals surface area contributed by atoms with Crippen LogP contribution in [0.15, 0.2) is 35.7 Å². The first-order valence-electron chi connectivity index (χ1n) is 5.51. The first-order valence-corrected chi connectivity index (χ1v) is 6.39. The lowest BCUT2D eigenvalue weighted by Gasteiger charge is -2.04. The summed E-state index contributed by atoms with van der Waals surface area (Å²) in [6.45, 7) is 2.12. The van der Waals surface area contributed by atoms with E-state index in [0.29, 0.717) is 4.88 Å². The second-order valence-electron chi connectivity index (χ2n) is 3.71. The monoisotopic (exact) mass is 246 g/mol. The summed E-state index contributed by atoms with van der Waals surface area (Å²) in [7, 11) is 1.41. The number of ether oxygens (including phenoxy) is 1. The van der Waals surface area contributed by atoms with E-state index >= 15 is 0 Å². The quantitative estimate of drug-likeness (QED) is 0.771. The van der Waals surface area contributed by atoms with Crippen molar-refractivity contribution in [3.8, 4) is 11.1 Å². The molecule has 0 N–H and O–H groups in total. The summed E-state index contributed by atoms with van der Waals surface area (Å²) in [6.07, 6.45) is 0.992. The maximum absolute atomic E-state index is 11.6. The number of aryl methyl sites for hydroxylation is 1. The van der Waals surface area contributed by atoms with Crippen LogP contribution >= 0.6 is 11.3 Å². The number of carbonyl (C=O) groups excluding carboxylic acids is 1. The number of esters is 1. The largest absolute Gasteiger partial charge is 0.465 e. The van der Waals surface area contributed by atoms with E-state index in [0.717, 1.165) is 17.5 Å². The molecule has 0 saturated heterocycles. The standard InChI is InChI=1S/C14H14O2S/c1-3-10-5-4-6-11(9-10)12-7-8-17-13(12)14(15)16-2/h4-9H,3H2,1-2H3. The molecule has 0 spiro atoms. The lowest BCUT2D eigenvalue weighted by Crippen LogP contribution is -1.99. The molecular formula is C14H14O2S. The van der Waals surface area contributed by atoms with Crippen LogP contribution in [0.1, 0.15) is 22.2 Å². The van der Waals surface area contributed by atoms with Crippen LogP contribution in [-0.4, -0.2) is 13.1 Å². The van der Waals surface area contributed by atoms with Crippen molar-refractivity contribution in [1.82, 2.24) is 0 Å². The fraction of sp³-hybridized carbons (Fsp3) is 0.214. The normalized spacial score (nSPS) is 10.2. The maximum Gasteiger partial charge on any atom is 0.348 e. The van der Waals surface area contributed by atoms with Crippen LogP contribution in [0.3, 0.4) is 0 Å². The number of benzene rings is 1. The van der Waals surface area contributed by atoms with Crippen molar-refractivity contribution in [3.05, 3.63) is 46.2 Å². The molecule has 88 valence electrons. The molecule has 0 amide bonds. The number of hydrogen-bond acceptors (Lipinski definition) is 3. The predicted molar refractivity (Wildman–Crippen MR) is 70.5 cm³/mol. The summed E-state index contributed by atoms with van der Waals surface area (Å²) in [4.78, 5) is 12.3. The third-order valence-electron chi connectivity index (χ3n) is 2.68. The van der Waals surface area contributed by atoms with Gasteiger partial charge in [-0.1, -0.05) is 31.2 Å². The molecule has 0 aliphatic rings. The minimum absolute atomic E-state index is 0.267. The van der Waals surface area contributed by atoms with Gasteiger partial charge < -0.3 is 4.74 Å². The Kier molecular flexibility index (Phi) is 3.59. The van der Waals surface area contributed by atoms with Crippen LogP contribution in [0, 0.1) is 0 Å². The van der Waals surface area contributed by atoms with E-state index in [1.54, 1.807) is 0 Å². The zero-order chi connectivity index (χ0) is 12.3. The maximum atomic E-state index is 11.6. The van der Waals surface area contributed by atoms with Crippen molar-refractivity contribution in [2.45, 2.75) is 13.3 Å². The molecule has 0 aliphatic heterocycles. The van der Waals surface area contributed by atoms with Crippen molar-refractivity contribution in [2.75, 3.05) is 7.11 Å². The fourth-order valence-corrected chi connectivity index (χ4v) is 2.58. The average molecular weight is 246 g/mol. The Bertz CT molecular complexity index is 529. The van der Waals surface area contributed by atoms with E-state index in [1.807, 2.05) is 23.6 Å². The summed E-state index contributed by atoms with van der Waals surface area (Å²) in [6, 6.07) is 10.2. The Morgan fingerprint density at radius 3 is 2.88 bits per heavy atom. The van der Waals surface area contributed by atoms with Gasteiger partial charge in [0.15, 0.2) is 0 Å². The molecule has 0 bridgehead atoms. The summed E-state index contributed by atoms with van der Waals surface area (Å²) in [5, 5.41) is 1.92. The molecule has 1 aromatic carbocycles. The van der Waals surface area contributed by atoms with Gasteiger partial charge in [-0.05, 0) is 29.0 Å². The molecule has 0 aliphatic carbocycles. The molecular weight excluding hydrogens is 232 g/mol. The fourth-order valence-electron chi connectivity index (χ4n) is 1.75. The zero-order valence-electron chi connectivity index (χ0n) is 9.90. The molecule has 17 heavy (non-hydrogen) atoms. The number of rotatable bonds is 3. The van der Waals surface area contributed by atoms with Crippen LogP contribution in [-0.2, 0) is 11.2 Å². The summed E-state index contributed by atoms with van der Waals surface area (Å²) in [5.74, 6) is -0.267. The molecule has 0 atom stereocenters. The van der Waals surface area contributed by atoms with Gasteiger partial charge in [0.25, 0.3) is 0 Å². The number of thiophene rings is 1. The third-order valence-corrected chi connectivity index (χ3v) is 3.58. The molecule has 0 fully saturated rings. The second-order valence-corrected chi connectivity index (χ2v) is 4.63. The van der Waals surface area contributed by atoms with Crippen LogP contribution in [0.4, 0.5) is 0 Å². The highest BCUT2D eigenvalue weighted by molar-refractivity contribution is 7.12. The summed E-state index contributed by atoms with van der Waals surface area (Å²) in [5.41, 5.74) is 3.30. The van der Waals surface area contributed by atoms with E-state index in [2.05, 4.69) is 19.1 Å². The van der Waals surface area contributed by atoms with Gasteiger partial charge in [-0.15, -0.1) is 11.3 Å². The molecule has 2 rings (SSSR count). The van der Waals surface area contributed by atoms with Crippen molar-refractivity contribution in [2.24, 2.45) is 0 Å². The van der Waals surface area contributed by atoms with Gasteiger partial charge in [0, 0.05) is 5.56 Å². The Morgan fingerprint density at radius 2 is 2.18 bits per heavy atom. The van der Waals surface area contributed by atoms with E-state index in [9.17, 15) is 4.79 Å². The van der Waals surface area contributed by atoms with Gasteiger partial charge in [0.1, 0.15) is 4.88 Å². The molecule has 0 radical (unpaired) electrons. The van der Waals surface area contributed by atoms with E-state index in [1.165, 1.54) is 24.0 Å². The lowest BCUT2D eigenvalue weighted by molar-refractivity contribution is 0.0607. The summed E-state index contributed by atoms with van der Waals surface area (Å²) >= 11 is 1.42. The minimum Gasteiger partial charge on any atom is -0.465 e. The van der Waals surface area contributed by atoms with Crippen molar-refractivity contribution in [1.29, 1.82) is 0 Å². The highest BCUT2D eigenvalue weighted by Crippen LogP contribution is 2.29. The van der Waals surface area contributed by atoms with Gasteiger partial charge in [-0.3, -0.25) is 0 Å². The molecule has 1 aromatic heterocycles. The Morgan fingerprint density at radius 1 is 1.35 bits per heavy atom. The van der Waals surface area contributed by atoms with Crippen molar-refractivity contribution >= 4 is 17.3 Å². The van der Waals surface area contributed by atoms with Crippen molar-refractivity contribution < 1.29 is 9.53 Å². The van der Waals surface area contributed by atoms with Gasteiger partial charge >= 0.3 is 5.97 Å². The van der Waals surface area contributed by atoms with Crippen LogP contribution in [0.5, 0.6) is 0 Å². The lowest BCUT2D eigenvalue weighted by atomic mass is 10.0. The second kappa shape index (κ2) is 5.15. The minimum atomic E-state index is -0.267. The first-order chi connectivity index (χ1) is 8.26. The Balaban J connectivity index is 2.45. The molecule has 0 saturated carbocycles. The van der Waals surface area contributed by atoms with Gasteiger partial charge in [-0.2, -0.15) is 0 Å². The van der Waals surface area contributed by atoms with Gasteiger partial charge in [-0.25, -0.2) is 4.79 Å². The number of methoxy groups -OCH3 is 1. The van der Waals surface area contributed by atoms with Crippen LogP contribution < -0.4 is 0 Å². The topological polar surface area (TPSA) is 26.3 Å². The number of carbonyl (C=O) groups is 1. The molecule has 2 nitrogen and oxygen atoms in total. The van der Waals surface area contributed by atoms with Crippen LogP contribution in [0.2, 0.25) is 0 Å². The van der Waals surface area contributed by atoms with E-state index in [4.69, 9.17) is 4.74 Å². The molecule has 1 heterocycles. The first kappa shape index (κ1) is 11.9. The highest BCUT2D eigenvalue weighted by Gasteiger charge is 2.14. The Labute approximate surface area is 105 Å². The summed E-state index contributed by atoms with van der Waals surface area (Å²) < 4.78 is 4.78. The van der Waals surface area contributed by atoms with Crippen LogP contribution in [0.25, 0.3) is 11.1 Å². The van der Waals surface area contributed by atoms with E-state index < -0.39 is 0 Å². The van der Waals surface area contributed by atoms with Gasteiger partial charge in [0.05, 0.1) is 7.11 Å². The van der Waals surface area contributed by atoms with Gasteiger partial charge in [0.2, 0.25) is 0 Å². The highest BCUT2D eigenvalue weighted by atomic mass is 32.1. The smallest absolute Gasteiger partial charge is 0.348 e. The third kappa shape index (κ3) is 2.39. The average Bonchev–Trinajstić information content (AvgIpc) is 2.87. The predicted octanol–water partition coefficient (Wildman–Crippen LogP) is 3.76. The molecule has 0 unspecified atom stereocenters. The zero-order valence-corrected chi connectivity index (χ0v) is 10.7. The van der Waals surface area contributed by atoms with E-state index in [-0.39, 0.29) is 5.97 Å². The Hall–Kier alpha value is -1.61. The molecule has 3 heteroatoms. The SMILES string of the molecule is CCc1cccc(-c2ccsc2C(=O)OC)c1. The molecule has 2 aromatic rings. The number of hydrogen-bond donors (Lipinski definition) is 0. The van der Waals surface area contributed by atoms with Crippen molar-refractivity contribution in [3.63, 3.8) is 0 Å².